The molecule has 0 unspecified atom stereocenters. The van der Waals surface area contributed by atoms with Crippen LogP contribution in [0.4, 0.5) is 5.82 Å². The lowest BCUT2D eigenvalue weighted by atomic mass is 10.1. The van der Waals surface area contributed by atoms with Crippen molar-refractivity contribution in [1.82, 2.24) is 20.1 Å². The Morgan fingerprint density at radius 1 is 0.872 bits per heavy atom. The molecule has 1 aromatic heterocycles. The van der Waals surface area contributed by atoms with Gasteiger partial charge in [0.15, 0.2) is 0 Å². The summed E-state index contributed by atoms with van der Waals surface area (Å²) in [6, 6.07) is 19.8. The normalized spacial score (nSPS) is 17.6. The topological polar surface area (TPSA) is 95.1 Å². The minimum Gasteiger partial charge on any atom is -0.489 e. The number of fused-ring (bicyclic) bond motifs is 1. The molecule has 9 heteroatoms. The molecule has 0 bridgehead atoms. The van der Waals surface area contributed by atoms with Crippen molar-refractivity contribution in [2.75, 3.05) is 31.1 Å². The summed E-state index contributed by atoms with van der Waals surface area (Å²) in [5, 5.41) is 2.27. The predicted octanol–water partition coefficient (Wildman–Crippen LogP) is 2.87. The van der Waals surface area contributed by atoms with Crippen LogP contribution in [0, 0.1) is 0 Å². The van der Waals surface area contributed by atoms with Gasteiger partial charge in [0.25, 0.3) is 11.8 Å². The zero-order chi connectivity index (χ0) is 26.8. The third-order valence-corrected chi connectivity index (χ3v) is 7.35. The fourth-order valence-electron chi connectivity index (χ4n) is 5.23. The molecule has 1 N–H and O–H groups in total. The van der Waals surface area contributed by atoms with E-state index < -0.39 is 5.91 Å². The SMILES string of the molecule is O=C1CC=C(N2Cc3c(OCc4ccc(CN5CCN(c6ccccn6)CC5)cc4)cccc3C2=O)C(=O)N1. The monoisotopic (exact) mass is 523 g/mol. The van der Waals surface area contributed by atoms with Gasteiger partial charge in [-0.05, 0) is 41.5 Å². The van der Waals surface area contributed by atoms with E-state index >= 15 is 0 Å². The molecular formula is C30H29N5O4. The number of benzene rings is 2. The molecule has 3 aliphatic rings. The third kappa shape index (κ3) is 5.26. The van der Waals surface area contributed by atoms with E-state index in [0.717, 1.165) is 49.7 Å². The maximum absolute atomic E-state index is 13.0. The van der Waals surface area contributed by atoms with Gasteiger partial charge in [0, 0.05) is 56.5 Å². The van der Waals surface area contributed by atoms with Gasteiger partial charge in [0.2, 0.25) is 5.91 Å². The van der Waals surface area contributed by atoms with Gasteiger partial charge >= 0.3 is 0 Å². The Morgan fingerprint density at radius 2 is 1.67 bits per heavy atom. The highest BCUT2D eigenvalue weighted by Crippen LogP contribution is 2.34. The Balaban J connectivity index is 1.04. The van der Waals surface area contributed by atoms with Crippen molar-refractivity contribution < 1.29 is 19.1 Å². The van der Waals surface area contributed by atoms with Gasteiger partial charge in [-0.25, -0.2) is 4.98 Å². The number of aromatic nitrogens is 1. The molecule has 198 valence electrons. The molecule has 0 spiro atoms. The Bertz CT molecular complexity index is 1430. The number of carbonyl (C=O) groups is 3. The van der Waals surface area contributed by atoms with E-state index in [1.807, 2.05) is 24.4 Å². The van der Waals surface area contributed by atoms with Crippen molar-refractivity contribution in [3.63, 3.8) is 0 Å². The first-order valence-corrected chi connectivity index (χ1v) is 13.1. The molecule has 1 fully saturated rings. The minimum atomic E-state index is -0.551. The zero-order valence-corrected chi connectivity index (χ0v) is 21.5. The lowest BCUT2D eigenvalue weighted by molar-refractivity contribution is -0.129. The molecule has 6 rings (SSSR count). The summed E-state index contributed by atoms with van der Waals surface area (Å²) in [5.41, 5.74) is 3.75. The van der Waals surface area contributed by atoms with Crippen molar-refractivity contribution in [2.45, 2.75) is 26.1 Å². The molecule has 1 saturated heterocycles. The van der Waals surface area contributed by atoms with Gasteiger partial charge in [-0.1, -0.05) is 36.4 Å². The molecule has 4 heterocycles. The Kier molecular flexibility index (Phi) is 6.81. The Hall–Kier alpha value is -4.50. The van der Waals surface area contributed by atoms with Crippen LogP contribution in [0.3, 0.4) is 0 Å². The largest absolute Gasteiger partial charge is 0.489 e. The number of nitrogens with one attached hydrogen (secondary N) is 1. The highest BCUT2D eigenvalue weighted by atomic mass is 16.5. The standard InChI is InChI=1S/C30H29N5O4/c36-28-12-11-25(29(37)32-28)35-19-24-23(30(35)38)4-3-5-26(24)39-20-22-9-7-21(8-10-22)18-33-14-16-34(17-15-33)27-6-1-2-13-31-27/h1-11,13H,12,14-20H2,(H,32,36,37). The van der Waals surface area contributed by atoms with Gasteiger partial charge in [0.1, 0.15) is 23.9 Å². The Labute approximate surface area is 226 Å². The molecule has 3 aromatic rings. The van der Waals surface area contributed by atoms with E-state index in [2.05, 4.69) is 50.4 Å². The van der Waals surface area contributed by atoms with Crippen LogP contribution in [-0.2, 0) is 29.3 Å². The van der Waals surface area contributed by atoms with Gasteiger partial charge < -0.3 is 9.64 Å². The van der Waals surface area contributed by atoms with Crippen molar-refractivity contribution in [2.24, 2.45) is 0 Å². The van der Waals surface area contributed by atoms with Gasteiger partial charge in [-0.3, -0.25) is 29.5 Å². The second kappa shape index (κ2) is 10.7. The van der Waals surface area contributed by atoms with E-state index in [0.29, 0.717) is 17.9 Å². The van der Waals surface area contributed by atoms with Crippen LogP contribution in [0.5, 0.6) is 5.75 Å². The van der Waals surface area contributed by atoms with Gasteiger partial charge in [-0.15, -0.1) is 0 Å². The maximum atomic E-state index is 13.0. The van der Waals surface area contributed by atoms with E-state index in [4.69, 9.17) is 4.74 Å². The van der Waals surface area contributed by atoms with Crippen LogP contribution in [-0.4, -0.2) is 58.7 Å². The van der Waals surface area contributed by atoms with Crippen LogP contribution in [0.2, 0.25) is 0 Å². The van der Waals surface area contributed by atoms with Crippen molar-refractivity contribution in [1.29, 1.82) is 0 Å². The quantitative estimate of drug-likeness (QED) is 0.476. The predicted molar refractivity (Wildman–Crippen MR) is 145 cm³/mol. The number of imide groups is 1. The number of anilines is 1. The van der Waals surface area contributed by atoms with Gasteiger partial charge in [-0.2, -0.15) is 0 Å². The van der Waals surface area contributed by atoms with Crippen LogP contribution in [0.25, 0.3) is 0 Å². The number of pyridine rings is 1. The molecule has 0 saturated carbocycles. The third-order valence-electron chi connectivity index (χ3n) is 7.35. The number of carbonyl (C=O) groups excluding carboxylic acids is 3. The highest BCUT2D eigenvalue weighted by molar-refractivity contribution is 6.11. The van der Waals surface area contributed by atoms with Crippen molar-refractivity contribution >= 4 is 23.5 Å². The average molecular weight is 524 g/mol. The Morgan fingerprint density at radius 3 is 2.41 bits per heavy atom. The van der Waals surface area contributed by atoms with E-state index in [-0.39, 0.29) is 30.5 Å². The van der Waals surface area contributed by atoms with Crippen LogP contribution >= 0.6 is 0 Å². The number of nitrogens with zero attached hydrogens (tertiary/aromatic N) is 4. The lowest BCUT2D eigenvalue weighted by Crippen LogP contribution is -2.46. The molecule has 3 amide bonds. The summed E-state index contributed by atoms with van der Waals surface area (Å²) in [6.07, 6.45) is 3.42. The van der Waals surface area contributed by atoms with Crippen molar-refractivity contribution in [3.8, 4) is 5.75 Å². The van der Waals surface area contributed by atoms with Crippen LogP contribution in [0.1, 0.15) is 33.5 Å². The van der Waals surface area contributed by atoms with E-state index in [1.165, 1.54) is 16.5 Å². The first kappa shape index (κ1) is 24.8. The molecule has 0 aliphatic carbocycles. The molecular weight excluding hydrogens is 494 g/mol. The molecule has 39 heavy (non-hydrogen) atoms. The summed E-state index contributed by atoms with van der Waals surface area (Å²) < 4.78 is 6.13. The molecule has 9 nitrogen and oxygen atoms in total. The fraction of sp³-hybridized carbons (Fsp3) is 0.267. The van der Waals surface area contributed by atoms with E-state index in [1.54, 1.807) is 12.1 Å². The zero-order valence-electron chi connectivity index (χ0n) is 21.5. The molecule has 0 atom stereocenters. The van der Waals surface area contributed by atoms with E-state index in [9.17, 15) is 14.4 Å². The first-order valence-electron chi connectivity index (χ1n) is 13.1. The summed E-state index contributed by atoms with van der Waals surface area (Å²) in [4.78, 5) is 47.4. The van der Waals surface area contributed by atoms with Crippen molar-refractivity contribution in [3.05, 3.63) is 101 Å². The maximum Gasteiger partial charge on any atom is 0.274 e. The second-order valence-corrected chi connectivity index (χ2v) is 9.90. The summed E-state index contributed by atoms with van der Waals surface area (Å²) in [5.74, 6) is 0.467. The smallest absolute Gasteiger partial charge is 0.274 e. The summed E-state index contributed by atoms with van der Waals surface area (Å²) in [7, 11) is 0. The highest BCUT2D eigenvalue weighted by Gasteiger charge is 2.36. The number of hydrogen-bond donors (Lipinski definition) is 1. The number of rotatable bonds is 7. The van der Waals surface area contributed by atoms with Crippen LogP contribution < -0.4 is 15.0 Å². The number of ether oxygens (including phenoxy) is 1. The van der Waals surface area contributed by atoms with Crippen LogP contribution in [0.15, 0.2) is 78.6 Å². The first-order chi connectivity index (χ1) is 19.0. The fourth-order valence-corrected chi connectivity index (χ4v) is 5.23. The second-order valence-electron chi connectivity index (χ2n) is 9.90. The number of piperazine rings is 1. The number of amides is 3. The molecule has 3 aliphatic heterocycles. The number of hydrogen-bond acceptors (Lipinski definition) is 7. The summed E-state index contributed by atoms with van der Waals surface area (Å²) >= 11 is 0. The summed E-state index contributed by atoms with van der Waals surface area (Å²) in [6.45, 7) is 5.40. The molecule has 0 radical (unpaired) electrons. The van der Waals surface area contributed by atoms with Gasteiger partial charge in [0.05, 0.1) is 6.54 Å². The average Bonchev–Trinajstić information content (AvgIpc) is 3.30. The minimum absolute atomic E-state index is 0.0714. The molecule has 2 aromatic carbocycles. The lowest BCUT2D eigenvalue weighted by Gasteiger charge is -2.35.